The summed E-state index contributed by atoms with van der Waals surface area (Å²) < 4.78 is 0. The average molecular weight is 143 g/mol. The van der Waals surface area contributed by atoms with Crippen LogP contribution in [-0.4, -0.2) is 18.7 Å². The van der Waals surface area contributed by atoms with Crippen molar-refractivity contribution in [1.82, 2.24) is 5.32 Å². The van der Waals surface area contributed by atoms with Crippen molar-refractivity contribution >= 4 is 12.2 Å². The van der Waals surface area contributed by atoms with Crippen LogP contribution in [0.15, 0.2) is 0 Å². The molecule has 1 atom stereocenters. The number of carbonyl (C=O) groups excluding carboxylic acids is 2. The van der Waals surface area contributed by atoms with E-state index in [1.165, 1.54) is 0 Å². The third kappa shape index (κ3) is 2.62. The number of rotatable bonds is 4. The number of nitrogens with one attached hydrogen (secondary N) is 1. The van der Waals surface area contributed by atoms with Crippen molar-refractivity contribution in [2.24, 2.45) is 5.92 Å². The van der Waals surface area contributed by atoms with E-state index in [4.69, 9.17) is 0 Å². The van der Waals surface area contributed by atoms with Gasteiger partial charge < -0.3 is 10.1 Å². The first kappa shape index (κ1) is 9.14. The fourth-order valence-electron chi connectivity index (χ4n) is 0.649. The number of aldehydes is 1. The molecular formula is C7H13NO2. The van der Waals surface area contributed by atoms with Crippen LogP contribution in [0.4, 0.5) is 0 Å². The molecule has 0 aliphatic rings. The van der Waals surface area contributed by atoms with E-state index in [1.807, 2.05) is 13.8 Å². The molecule has 0 aliphatic carbocycles. The average Bonchev–Trinajstić information content (AvgIpc) is 1.91. The summed E-state index contributed by atoms with van der Waals surface area (Å²) in [4.78, 5) is 21.1. The quantitative estimate of drug-likeness (QED) is 0.456. The Morgan fingerprint density at radius 1 is 1.60 bits per heavy atom. The standard InChI is InChI=1S/C7H13NO2/c1-3-6(5-9)7(10)8-4-2/h5-6H,3-4H2,1-2H3,(H,8,10). The molecule has 0 aliphatic heterocycles. The lowest BCUT2D eigenvalue weighted by Gasteiger charge is -2.05. The van der Waals surface area contributed by atoms with Crippen molar-refractivity contribution in [3.05, 3.63) is 0 Å². The number of hydrogen-bond acceptors (Lipinski definition) is 2. The summed E-state index contributed by atoms with van der Waals surface area (Å²) in [6.45, 7) is 4.23. The van der Waals surface area contributed by atoms with Crippen molar-refractivity contribution in [3.8, 4) is 0 Å². The van der Waals surface area contributed by atoms with Gasteiger partial charge in [-0.05, 0) is 13.3 Å². The molecule has 1 amide bonds. The van der Waals surface area contributed by atoms with Gasteiger partial charge in [-0.25, -0.2) is 0 Å². The fraction of sp³-hybridized carbons (Fsp3) is 0.714. The van der Waals surface area contributed by atoms with Gasteiger partial charge in [0, 0.05) is 6.54 Å². The van der Waals surface area contributed by atoms with E-state index < -0.39 is 5.92 Å². The van der Waals surface area contributed by atoms with Crippen LogP contribution in [0, 0.1) is 5.92 Å². The Morgan fingerprint density at radius 3 is 2.50 bits per heavy atom. The Morgan fingerprint density at radius 2 is 2.20 bits per heavy atom. The molecular weight excluding hydrogens is 130 g/mol. The molecule has 0 saturated carbocycles. The molecule has 0 saturated heterocycles. The normalized spacial score (nSPS) is 12.2. The highest BCUT2D eigenvalue weighted by Crippen LogP contribution is 1.96. The molecule has 0 aromatic rings. The maximum Gasteiger partial charge on any atom is 0.230 e. The van der Waals surface area contributed by atoms with Gasteiger partial charge in [-0.15, -0.1) is 0 Å². The van der Waals surface area contributed by atoms with Crippen molar-refractivity contribution in [2.75, 3.05) is 6.54 Å². The second-order valence-corrected chi connectivity index (χ2v) is 2.05. The van der Waals surface area contributed by atoms with E-state index in [0.29, 0.717) is 19.3 Å². The summed E-state index contributed by atoms with van der Waals surface area (Å²) in [5, 5.41) is 2.58. The molecule has 58 valence electrons. The number of hydrogen-bond donors (Lipinski definition) is 1. The summed E-state index contributed by atoms with van der Waals surface area (Å²) in [5.41, 5.74) is 0. The van der Waals surface area contributed by atoms with Crippen LogP contribution in [-0.2, 0) is 9.59 Å². The molecule has 1 unspecified atom stereocenters. The van der Waals surface area contributed by atoms with Gasteiger partial charge in [0.15, 0.2) is 0 Å². The van der Waals surface area contributed by atoms with E-state index in [0.717, 1.165) is 0 Å². The molecule has 0 spiro atoms. The highest BCUT2D eigenvalue weighted by molar-refractivity contribution is 5.91. The predicted octanol–water partition coefficient (Wildman–Crippen LogP) is 0.348. The van der Waals surface area contributed by atoms with Crippen LogP contribution in [0.2, 0.25) is 0 Å². The van der Waals surface area contributed by atoms with E-state index >= 15 is 0 Å². The fourth-order valence-corrected chi connectivity index (χ4v) is 0.649. The summed E-state index contributed by atoms with van der Waals surface area (Å²) >= 11 is 0. The minimum Gasteiger partial charge on any atom is -0.356 e. The monoisotopic (exact) mass is 143 g/mol. The summed E-state index contributed by atoms with van der Waals surface area (Å²) in [5.74, 6) is -0.625. The van der Waals surface area contributed by atoms with Crippen molar-refractivity contribution in [2.45, 2.75) is 20.3 Å². The molecule has 0 fully saturated rings. The summed E-state index contributed by atoms with van der Waals surface area (Å²) in [6, 6.07) is 0. The Hall–Kier alpha value is -0.860. The molecule has 3 nitrogen and oxygen atoms in total. The Bertz CT molecular complexity index is 123. The minimum atomic E-state index is -0.458. The van der Waals surface area contributed by atoms with Gasteiger partial charge in [0.1, 0.15) is 6.29 Å². The largest absolute Gasteiger partial charge is 0.356 e. The van der Waals surface area contributed by atoms with Gasteiger partial charge in [0.05, 0.1) is 5.92 Å². The lowest BCUT2D eigenvalue weighted by atomic mass is 10.1. The summed E-state index contributed by atoms with van der Waals surface area (Å²) in [7, 11) is 0. The van der Waals surface area contributed by atoms with Crippen LogP contribution < -0.4 is 5.32 Å². The first-order chi connectivity index (χ1) is 4.76. The molecule has 0 heterocycles. The van der Waals surface area contributed by atoms with E-state index in [-0.39, 0.29) is 5.91 Å². The smallest absolute Gasteiger partial charge is 0.230 e. The second-order valence-electron chi connectivity index (χ2n) is 2.05. The first-order valence-corrected chi connectivity index (χ1v) is 3.49. The molecule has 3 heteroatoms. The van der Waals surface area contributed by atoms with Crippen LogP contribution in [0.5, 0.6) is 0 Å². The lowest BCUT2D eigenvalue weighted by molar-refractivity contribution is -0.129. The number of carbonyl (C=O) groups is 2. The molecule has 10 heavy (non-hydrogen) atoms. The number of amides is 1. The van der Waals surface area contributed by atoms with Crippen LogP contribution in [0.3, 0.4) is 0 Å². The van der Waals surface area contributed by atoms with Gasteiger partial charge in [0.25, 0.3) is 0 Å². The molecule has 0 rings (SSSR count). The van der Waals surface area contributed by atoms with Gasteiger partial charge in [-0.1, -0.05) is 6.92 Å². The van der Waals surface area contributed by atoms with Crippen molar-refractivity contribution in [3.63, 3.8) is 0 Å². The van der Waals surface area contributed by atoms with Gasteiger partial charge >= 0.3 is 0 Å². The first-order valence-electron chi connectivity index (χ1n) is 3.49. The van der Waals surface area contributed by atoms with E-state index in [1.54, 1.807) is 0 Å². The molecule has 0 aromatic carbocycles. The Balaban J connectivity index is 3.76. The molecule has 0 bridgehead atoms. The molecule has 0 radical (unpaired) electrons. The topological polar surface area (TPSA) is 46.2 Å². The van der Waals surface area contributed by atoms with Crippen LogP contribution in [0.25, 0.3) is 0 Å². The Labute approximate surface area is 60.8 Å². The van der Waals surface area contributed by atoms with E-state index in [2.05, 4.69) is 5.32 Å². The zero-order valence-electron chi connectivity index (χ0n) is 6.39. The van der Waals surface area contributed by atoms with Gasteiger partial charge in [0.2, 0.25) is 5.91 Å². The van der Waals surface area contributed by atoms with Crippen LogP contribution in [0.1, 0.15) is 20.3 Å². The Kier molecular flexibility index (Phi) is 4.54. The molecule has 0 aromatic heterocycles. The SMILES string of the molecule is CCNC(=O)C(C=O)CC. The minimum absolute atomic E-state index is 0.167. The van der Waals surface area contributed by atoms with E-state index in [9.17, 15) is 9.59 Å². The van der Waals surface area contributed by atoms with Gasteiger partial charge in [-0.2, -0.15) is 0 Å². The third-order valence-corrected chi connectivity index (χ3v) is 1.29. The zero-order chi connectivity index (χ0) is 7.98. The maximum atomic E-state index is 10.9. The van der Waals surface area contributed by atoms with Crippen molar-refractivity contribution < 1.29 is 9.59 Å². The highest BCUT2D eigenvalue weighted by atomic mass is 16.2. The van der Waals surface area contributed by atoms with Crippen molar-refractivity contribution in [1.29, 1.82) is 0 Å². The maximum absolute atomic E-state index is 10.9. The van der Waals surface area contributed by atoms with Crippen LogP contribution >= 0.6 is 0 Å². The van der Waals surface area contributed by atoms with Gasteiger partial charge in [-0.3, -0.25) is 4.79 Å². The zero-order valence-corrected chi connectivity index (χ0v) is 6.39. The summed E-state index contributed by atoms with van der Waals surface area (Å²) in [6.07, 6.45) is 1.26. The predicted molar refractivity (Wildman–Crippen MR) is 38.5 cm³/mol. The molecule has 1 N–H and O–H groups in total. The highest BCUT2D eigenvalue weighted by Gasteiger charge is 2.12. The lowest BCUT2D eigenvalue weighted by Crippen LogP contribution is -2.30. The second kappa shape index (κ2) is 4.97. The third-order valence-electron chi connectivity index (χ3n) is 1.29.